The van der Waals surface area contributed by atoms with E-state index < -0.39 is 0 Å². The van der Waals surface area contributed by atoms with Gasteiger partial charge in [0.2, 0.25) is 0 Å². The van der Waals surface area contributed by atoms with E-state index in [1.807, 2.05) is 30.3 Å². The zero-order valence-corrected chi connectivity index (χ0v) is 14.9. The Balaban J connectivity index is 1.51. The lowest BCUT2D eigenvalue weighted by Gasteiger charge is -2.13. The number of rotatable bonds is 3. The Morgan fingerprint density at radius 2 is 1.67 bits per heavy atom. The van der Waals surface area contributed by atoms with Crippen LogP contribution in [0.5, 0.6) is 0 Å². The smallest absolute Gasteiger partial charge is 0.261 e. The van der Waals surface area contributed by atoms with Crippen LogP contribution in [0.3, 0.4) is 0 Å². The first-order valence-electron chi connectivity index (χ1n) is 8.46. The van der Waals surface area contributed by atoms with E-state index in [0.29, 0.717) is 11.1 Å². The molecule has 0 N–H and O–H groups in total. The number of fused-ring (bicyclic) bond motifs is 2. The summed E-state index contributed by atoms with van der Waals surface area (Å²) in [7, 11) is 0. The van der Waals surface area contributed by atoms with Gasteiger partial charge in [0, 0.05) is 18.0 Å². The predicted molar refractivity (Wildman–Crippen MR) is 103 cm³/mol. The average Bonchev–Trinajstić information content (AvgIpc) is 3.24. The highest BCUT2D eigenvalue weighted by molar-refractivity contribution is 7.21. The van der Waals surface area contributed by atoms with Crippen molar-refractivity contribution in [3.8, 4) is 10.6 Å². The Hall–Kier alpha value is -3.38. The summed E-state index contributed by atoms with van der Waals surface area (Å²) >= 11 is 1.57. The van der Waals surface area contributed by atoms with Crippen LogP contribution in [0, 0.1) is 0 Å². The molecule has 6 heteroatoms. The van der Waals surface area contributed by atoms with E-state index in [-0.39, 0.29) is 18.4 Å². The Morgan fingerprint density at radius 3 is 2.48 bits per heavy atom. The number of carbonyl (C=O) groups is 2. The Labute approximate surface area is 158 Å². The number of hydrogen-bond donors (Lipinski definition) is 0. The largest absolute Gasteiger partial charge is 0.270 e. The van der Waals surface area contributed by atoms with Gasteiger partial charge < -0.3 is 0 Å². The summed E-state index contributed by atoms with van der Waals surface area (Å²) < 4.78 is 1.09. The highest BCUT2D eigenvalue weighted by atomic mass is 32.1. The van der Waals surface area contributed by atoms with E-state index in [2.05, 4.69) is 9.97 Å². The minimum atomic E-state index is -0.269. The third-order valence-electron chi connectivity index (χ3n) is 4.60. The molecule has 0 saturated carbocycles. The van der Waals surface area contributed by atoms with Gasteiger partial charge in [0.1, 0.15) is 5.01 Å². The molecule has 2 aromatic carbocycles. The van der Waals surface area contributed by atoms with E-state index in [1.165, 1.54) is 4.90 Å². The molecule has 2 aromatic heterocycles. The fourth-order valence-corrected chi connectivity index (χ4v) is 4.20. The van der Waals surface area contributed by atoms with Crippen LogP contribution in [0.1, 0.15) is 26.3 Å². The molecule has 4 aromatic rings. The van der Waals surface area contributed by atoms with Gasteiger partial charge in [-0.3, -0.25) is 19.5 Å². The first-order chi connectivity index (χ1) is 13.2. The highest BCUT2D eigenvalue weighted by Gasteiger charge is 2.35. The van der Waals surface area contributed by atoms with Gasteiger partial charge in [0.25, 0.3) is 11.8 Å². The van der Waals surface area contributed by atoms with Gasteiger partial charge in [-0.2, -0.15) is 0 Å². The van der Waals surface area contributed by atoms with Gasteiger partial charge in [0.15, 0.2) is 0 Å². The number of imide groups is 1. The van der Waals surface area contributed by atoms with Crippen molar-refractivity contribution in [2.24, 2.45) is 0 Å². The highest BCUT2D eigenvalue weighted by Crippen LogP contribution is 2.33. The first kappa shape index (κ1) is 15.8. The van der Waals surface area contributed by atoms with E-state index in [0.717, 1.165) is 26.4 Å². The first-order valence-corrected chi connectivity index (χ1v) is 9.27. The molecule has 0 fully saturated rings. The molecule has 5 rings (SSSR count). The number of hydrogen-bond acceptors (Lipinski definition) is 5. The van der Waals surface area contributed by atoms with Crippen molar-refractivity contribution < 1.29 is 9.59 Å². The molecule has 130 valence electrons. The minimum Gasteiger partial charge on any atom is -0.270 e. The number of para-hydroxylation sites is 1. The van der Waals surface area contributed by atoms with Gasteiger partial charge in [0.05, 0.1) is 27.9 Å². The fourth-order valence-electron chi connectivity index (χ4n) is 3.23. The average molecular weight is 371 g/mol. The molecule has 5 nitrogen and oxygen atoms in total. The van der Waals surface area contributed by atoms with Crippen molar-refractivity contribution in [3.63, 3.8) is 0 Å². The maximum atomic E-state index is 12.8. The van der Waals surface area contributed by atoms with Gasteiger partial charge >= 0.3 is 0 Å². The number of carbonyl (C=O) groups excluding carboxylic acids is 2. The summed E-state index contributed by atoms with van der Waals surface area (Å²) in [5.74, 6) is -0.530. The molecule has 0 spiro atoms. The van der Waals surface area contributed by atoms with Gasteiger partial charge in [-0.15, -0.1) is 11.3 Å². The van der Waals surface area contributed by atoms with Gasteiger partial charge in [-0.05, 0) is 42.0 Å². The van der Waals surface area contributed by atoms with E-state index in [9.17, 15) is 9.59 Å². The molecular formula is C21H13N3O2S. The number of nitrogens with zero attached hydrogens (tertiary/aromatic N) is 3. The normalized spacial score (nSPS) is 13.4. The zero-order valence-electron chi connectivity index (χ0n) is 14.1. The molecule has 27 heavy (non-hydrogen) atoms. The third kappa shape index (κ3) is 2.62. The van der Waals surface area contributed by atoms with Crippen molar-refractivity contribution >= 4 is 33.4 Å². The fraction of sp³-hybridized carbons (Fsp3) is 0.0476. The summed E-state index contributed by atoms with van der Waals surface area (Å²) in [5.41, 5.74) is 3.53. The van der Waals surface area contributed by atoms with Crippen molar-refractivity contribution in [2.75, 3.05) is 0 Å². The SMILES string of the molecule is O=C1c2ccc(-c3nc4ccccc4s3)cc2C(=O)N1Cc1ccncc1. The Morgan fingerprint density at radius 1 is 0.889 bits per heavy atom. The summed E-state index contributed by atoms with van der Waals surface area (Å²) in [6.45, 7) is 0.241. The summed E-state index contributed by atoms with van der Waals surface area (Å²) in [6.07, 6.45) is 3.30. The molecule has 2 amide bonds. The lowest BCUT2D eigenvalue weighted by atomic mass is 10.1. The van der Waals surface area contributed by atoms with E-state index in [4.69, 9.17) is 0 Å². The van der Waals surface area contributed by atoms with Crippen LogP contribution in [-0.2, 0) is 6.54 Å². The van der Waals surface area contributed by atoms with Crippen LogP contribution in [0.25, 0.3) is 20.8 Å². The van der Waals surface area contributed by atoms with Crippen molar-refractivity contribution in [3.05, 3.63) is 83.7 Å². The van der Waals surface area contributed by atoms with Crippen LogP contribution in [0.2, 0.25) is 0 Å². The maximum absolute atomic E-state index is 12.8. The topological polar surface area (TPSA) is 63.2 Å². The monoisotopic (exact) mass is 371 g/mol. The second kappa shape index (κ2) is 6.10. The number of thiazole rings is 1. The molecule has 0 unspecified atom stereocenters. The molecular weight excluding hydrogens is 358 g/mol. The second-order valence-corrected chi connectivity index (χ2v) is 7.33. The summed E-state index contributed by atoms with van der Waals surface area (Å²) in [6, 6.07) is 16.9. The van der Waals surface area contributed by atoms with Crippen LogP contribution in [0.4, 0.5) is 0 Å². The molecule has 1 aliphatic heterocycles. The molecule has 0 aliphatic carbocycles. The van der Waals surface area contributed by atoms with E-state index in [1.54, 1.807) is 48.0 Å². The minimum absolute atomic E-state index is 0.241. The van der Waals surface area contributed by atoms with Crippen molar-refractivity contribution in [1.29, 1.82) is 0 Å². The standard InChI is InChI=1S/C21H13N3O2S/c25-20-15-6-5-14(19-23-17-3-1-2-4-18(17)27-19)11-16(15)21(26)24(20)12-13-7-9-22-10-8-13/h1-11H,12H2. The summed E-state index contributed by atoms with van der Waals surface area (Å²) in [5, 5.41) is 0.840. The molecule has 0 saturated heterocycles. The molecule has 0 atom stereocenters. The molecule has 1 aliphatic rings. The van der Waals surface area contributed by atoms with Gasteiger partial charge in [-0.25, -0.2) is 4.98 Å². The summed E-state index contributed by atoms with van der Waals surface area (Å²) in [4.78, 5) is 35.4. The second-order valence-electron chi connectivity index (χ2n) is 6.30. The van der Waals surface area contributed by atoms with Crippen molar-refractivity contribution in [2.45, 2.75) is 6.54 Å². The number of benzene rings is 2. The lowest BCUT2D eigenvalue weighted by Crippen LogP contribution is -2.29. The maximum Gasteiger partial charge on any atom is 0.261 e. The predicted octanol–water partition coefficient (Wildman–Crippen LogP) is 4.15. The Bertz CT molecular complexity index is 1170. The van der Waals surface area contributed by atoms with Crippen LogP contribution in [0.15, 0.2) is 67.0 Å². The van der Waals surface area contributed by atoms with Gasteiger partial charge in [-0.1, -0.05) is 18.2 Å². The number of pyridine rings is 1. The van der Waals surface area contributed by atoms with Crippen LogP contribution >= 0.6 is 11.3 Å². The molecule has 3 heterocycles. The number of amides is 2. The zero-order chi connectivity index (χ0) is 18.4. The van der Waals surface area contributed by atoms with E-state index >= 15 is 0 Å². The quantitative estimate of drug-likeness (QED) is 0.508. The molecule has 0 radical (unpaired) electrons. The molecule has 0 bridgehead atoms. The Kier molecular flexibility index (Phi) is 3.58. The van der Waals surface area contributed by atoms with Crippen molar-refractivity contribution in [1.82, 2.24) is 14.9 Å². The third-order valence-corrected chi connectivity index (χ3v) is 5.69. The van der Waals surface area contributed by atoms with Crippen LogP contribution < -0.4 is 0 Å². The van der Waals surface area contributed by atoms with Crippen LogP contribution in [-0.4, -0.2) is 26.7 Å². The number of aromatic nitrogens is 2. The lowest BCUT2D eigenvalue weighted by molar-refractivity contribution is 0.0642.